The van der Waals surface area contributed by atoms with Crippen molar-refractivity contribution >= 4 is 22.9 Å². The highest BCUT2D eigenvalue weighted by Crippen LogP contribution is 2.19. The number of methoxy groups -OCH3 is 1. The molecule has 0 spiro atoms. The minimum absolute atomic E-state index is 0.0477. The van der Waals surface area contributed by atoms with Crippen LogP contribution >= 0.6 is 12.2 Å². The summed E-state index contributed by atoms with van der Waals surface area (Å²) in [5.74, 6) is -0.0477. The monoisotopic (exact) mass is 310 g/mol. The van der Waals surface area contributed by atoms with Crippen molar-refractivity contribution < 1.29 is 4.74 Å². The number of anilines is 1. The first-order valence-electron chi connectivity index (χ1n) is 7.15. The van der Waals surface area contributed by atoms with E-state index >= 15 is 0 Å². The average Bonchev–Trinajstić information content (AvgIpc) is 2.49. The molecule has 21 heavy (non-hydrogen) atoms. The molecule has 2 N–H and O–H groups in total. The lowest BCUT2D eigenvalue weighted by Gasteiger charge is -2.32. The molecule has 1 aliphatic heterocycles. The van der Waals surface area contributed by atoms with Gasteiger partial charge in [-0.3, -0.25) is 4.79 Å². The maximum Gasteiger partial charge on any atom is 0.268 e. The molecule has 1 unspecified atom stereocenters. The third kappa shape index (κ3) is 4.01. The van der Waals surface area contributed by atoms with Crippen molar-refractivity contribution in [3.05, 3.63) is 22.6 Å². The zero-order valence-corrected chi connectivity index (χ0v) is 13.3. The van der Waals surface area contributed by atoms with Crippen LogP contribution in [0.25, 0.3) is 0 Å². The van der Waals surface area contributed by atoms with Crippen LogP contribution in [-0.2, 0) is 11.3 Å². The number of thiocarbonyl (C=S) groups is 1. The van der Waals surface area contributed by atoms with Gasteiger partial charge in [-0.25, -0.2) is 4.68 Å². The minimum atomic E-state index is -0.121. The number of aromatic nitrogens is 2. The van der Waals surface area contributed by atoms with Crippen LogP contribution in [0, 0.1) is 5.92 Å². The molecule has 6 nitrogen and oxygen atoms in total. The molecule has 1 aromatic rings. The predicted octanol–water partition coefficient (Wildman–Crippen LogP) is 0.781. The fourth-order valence-corrected chi connectivity index (χ4v) is 2.51. The molecule has 1 saturated heterocycles. The number of ether oxygens (including phenoxy) is 1. The zero-order chi connectivity index (χ0) is 15.4. The van der Waals surface area contributed by atoms with Crippen LogP contribution in [0.2, 0.25) is 0 Å². The van der Waals surface area contributed by atoms with Crippen molar-refractivity contribution in [3.63, 3.8) is 0 Å². The van der Waals surface area contributed by atoms with Gasteiger partial charge < -0.3 is 15.4 Å². The molecule has 0 aromatic carbocycles. The Hall–Kier alpha value is -1.47. The fourth-order valence-electron chi connectivity index (χ4n) is 2.43. The molecule has 7 heteroatoms. The maximum atomic E-state index is 12.1. The number of rotatable bonds is 5. The molecule has 1 aliphatic rings. The molecule has 0 bridgehead atoms. The molecular weight excluding hydrogens is 288 g/mol. The molecule has 116 valence electrons. The lowest BCUT2D eigenvalue weighted by Crippen LogP contribution is -2.38. The summed E-state index contributed by atoms with van der Waals surface area (Å²) in [7, 11) is 1.74. The zero-order valence-electron chi connectivity index (χ0n) is 12.5. The quantitative estimate of drug-likeness (QED) is 0.810. The number of nitrogens with two attached hydrogens (primary N) is 1. The van der Waals surface area contributed by atoms with Gasteiger partial charge in [-0.2, -0.15) is 5.10 Å². The SMILES string of the molecule is COC1CCN(c2cnn(CC(C)C(N)=S)c(=O)c2)CC1. The Labute approximate surface area is 129 Å². The van der Waals surface area contributed by atoms with E-state index in [1.54, 1.807) is 19.4 Å². The summed E-state index contributed by atoms with van der Waals surface area (Å²) in [6.07, 6.45) is 4.00. The normalized spacial score (nSPS) is 17.7. The first-order chi connectivity index (χ1) is 10.0. The van der Waals surface area contributed by atoms with Crippen LogP contribution in [0.5, 0.6) is 0 Å². The Morgan fingerprint density at radius 1 is 1.57 bits per heavy atom. The summed E-state index contributed by atoms with van der Waals surface area (Å²) in [5.41, 5.74) is 6.32. The smallest absolute Gasteiger partial charge is 0.268 e. The van der Waals surface area contributed by atoms with Crippen LogP contribution in [0.15, 0.2) is 17.1 Å². The van der Waals surface area contributed by atoms with E-state index in [4.69, 9.17) is 22.7 Å². The van der Waals surface area contributed by atoms with Gasteiger partial charge in [0.15, 0.2) is 0 Å². The number of nitrogens with zero attached hydrogens (tertiary/aromatic N) is 3. The summed E-state index contributed by atoms with van der Waals surface area (Å²) >= 11 is 4.93. The molecule has 0 aliphatic carbocycles. The van der Waals surface area contributed by atoms with Crippen molar-refractivity contribution in [2.75, 3.05) is 25.1 Å². The lowest BCUT2D eigenvalue weighted by molar-refractivity contribution is 0.0819. The maximum absolute atomic E-state index is 12.1. The molecule has 0 amide bonds. The highest BCUT2D eigenvalue weighted by Gasteiger charge is 2.19. The first kappa shape index (κ1) is 15.9. The standard InChI is InChI=1S/C14H22N4O2S/c1-10(14(15)21)9-18-13(19)7-11(8-16-18)17-5-3-12(20-2)4-6-17/h7-8,10,12H,3-6,9H2,1-2H3,(H2,15,21). The van der Waals surface area contributed by atoms with E-state index in [0.717, 1.165) is 31.6 Å². The lowest BCUT2D eigenvalue weighted by atomic mass is 10.1. The van der Waals surface area contributed by atoms with E-state index in [-0.39, 0.29) is 11.5 Å². The van der Waals surface area contributed by atoms with Gasteiger partial charge in [-0.1, -0.05) is 19.1 Å². The van der Waals surface area contributed by atoms with E-state index in [2.05, 4.69) is 10.00 Å². The average molecular weight is 310 g/mol. The second-order valence-corrected chi connectivity index (χ2v) is 5.93. The first-order valence-corrected chi connectivity index (χ1v) is 7.56. The molecule has 0 saturated carbocycles. The molecule has 0 radical (unpaired) electrons. The second-order valence-electron chi connectivity index (χ2n) is 5.46. The Kier molecular flexibility index (Phi) is 5.30. The second kappa shape index (κ2) is 7.00. The Morgan fingerprint density at radius 2 is 2.24 bits per heavy atom. The third-order valence-corrected chi connectivity index (χ3v) is 4.33. The Bertz CT molecular complexity index is 552. The van der Waals surface area contributed by atoms with Crippen molar-refractivity contribution in [2.24, 2.45) is 11.7 Å². The van der Waals surface area contributed by atoms with Gasteiger partial charge in [0, 0.05) is 32.2 Å². The molecule has 2 rings (SSSR count). The van der Waals surface area contributed by atoms with Crippen LogP contribution in [0.4, 0.5) is 5.69 Å². The van der Waals surface area contributed by atoms with Crippen LogP contribution in [-0.4, -0.2) is 41.1 Å². The van der Waals surface area contributed by atoms with Gasteiger partial charge in [-0.15, -0.1) is 0 Å². The largest absolute Gasteiger partial charge is 0.393 e. The van der Waals surface area contributed by atoms with Gasteiger partial charge >= 0.3 is 0 Å². The van der Waals surface area contributed by atoms with Crippen molar-refractivity contribution in [1.82, 2.24) is 9.78 Å². The number of piperidine rings is 1. The Morgan fingerprint density at radius 3 is 2.76 bits per heavy atom. The summed E-state index contributed by atoms with van der Waals surface area (Å²) < 4.78 is 6.76. The molecular formula is C14H22N4O2S. The van der Waals surface area contributed by atoms with E-state index in [1.165, 1.54) is 4.68 Å². The van der Waals surface area contributed by atoms with Gasteiger partial charge in [0.1, 0.15) is 0 Å². The molecule has 2 heterocycles. The Balaban J connectivity index is 2.06. The molecule has 1 aromatic heterocycles. The number of hydrogen-bond donors (Lipinski definition) is 1. The summed E-state index contributed by atoms with van der Waals surface area (Å²) in [6.45, 7) is 4.07. The van der Waals surface area contributed by atoms with E-state index in [1.807, 2.05) is 6.92 Å². The van der Waals surface area contributed by atoms with Crippen molar-refractivity contribution in [3.8, 4) is 0 Å². The van der Waals surface area contributed by atoms with Crippen molar-refractivity contribution in [1.29, 1.82) is 0 Å². The van der Waals surface area contributed by atoms with Crippen molar-refractivity contribution in [2.45, 2.75) is 32.4 Å². The minimum Gasteiger partial charge on any atom is -0.393 e. The topological polar surface area (TPSA) is 73.4 Å². The summed E-state index contributed by atoms with van der Waals surface area (Å²) in [6, 6.07) is 1.63. The van der Waals surface area contributed by atoms with E-state index in [0.29, 0.717) is 17.6 Å². The van der Waals surface area contributed by atoms with E-state index in [9.17, 15) is 4.79 Å². The van der Waals surface area contributed by atoms with Gasteiger partial charge in [0.2, 0.25) is 0 Å². The highest BCUT2D eigenvalue weighted by molar-refractivity contribution is 7.80. The fraction of sp³-hybridized carbons (Fsp3) is 0.643. The number of hydrogen-bond acceptors (Lipinski definition) is 5. The third-order valence-electron chi connectivity index (χ3n) is 3.93. The van der Waals surface area contributed by atoms with Crippen LogP contribution in [0.1, 0.15) is 19.8 Å². The van der Waals surface area contributed by atoms with Crippen LogP contribution in [0.3, 0.4) is 0 Å². The predicted molar refractivity (Wildman–Crippen MR) is 86.7 cm³/mol. The van der Waals surface area contributed by atoms with Gasteiger partial charge in [-0.05, 0) is 12.8 Å². The van der Waals surface area contributed by atoms with Gasteiger partial charge in [0.05, 0.1) is 29.5 Å². The van der Waals surface area contributed by atoms with E-state index < -0.39 is 0 Å². The molecule has 1 fully saturated rings. The van der Waals surface area contributed by atoms with Crippen LogP contribution < -0.4 is 16.2 Å². The van der Waals surface area contributed by atoms with Gasteiger partial charge in [0.25, 0.3) is 5.56 Å². The highest BCUT2D eigenvalue weighted by atomic mass is 32.1. The summed E-state index contributed by atoms with van der Waals surface area (Å²) in [4.78, 5) is 14.7. The summed E-state index contributed by atoms with van der Waals surface area (Å²) in [5, 5.41) is 4.23. The molecule has 1 atom stereocenters.